The van der Waals surface area contributed by atoms with E-state index < -0.39 is 6.10 Å². The molecule has 3 aromatic rings. The van der Waals surface area contributed by atoms with E-state index in [1.165, 1.54) is 5.56 Å². The zero-order valence-corrected chi connectivity index (χ0v) is 18.1. The van der Waals surface area contributed by atoms with Crippen molar-refractivity contribution in [1.82, 2.24) is 14.8 Å². The Kier molecular flexibility index (Phi) is 7.65. The fourth-order valence-corrected chi connectivity index (χ4v) is 2.89. The molecule has 31 heavy (non-hydrogen) atoms. The lowest BCUT2D eigenvalue weighted by Gasteiger charge is -2.13. The van der Waals surface area contributed by atoms with Gasteiger partial charge in [0.05, 0.1) is 24.5 Å². The summed E-state index contributed by atoms with van der Waals surface area (Å²) in [6, 6.07) is 16.2. The van der Waals surface area contributed by atoms with Crippen LogP contribution in [-0.2, 0) is 4.74 Å². The molecule has 0 bridgehead atoms. The van der Waals surface area contributed by atoms with E-state index in [4.69, 9.17) is 15.9 Å². The maximum atomic E-state index is 9.93. The minimum atomic E-state index is -0.646. The molecule has 7 heteroatoms. The summed E-state index contributed by atoms with van der Waals surface area (Å²) in [5.74, 6) is 3.08. The number of nitrogens with zero attached hydrogens (tertiary/aromatic N) is 3. The zero-order chi connectivity index (χ0) is 22.2. The van der Waals surface area contributed by atoms with Crippen LogP contribution in [0.4, 0.5) is 5.69 Å². The molecule has 0 saturated carbocycles. The number of benzene rings is 2. The minimum Gasteiger partial charge on any atom is -0.460 e. The number of anilines is 1. The van der Waals surface area contributed by atoms with E-state index >= 15 is 0 Å². The molecule has 1 aromatic heterocycles. The molecule has 2 aromatic carbocycles. The van der Waals surface area contributed by atoms with Crippen molar-refractivity contribution >= 4 is 5.69 Å². The molecule has 1 heterocycles. The molecule has 0 fully saturated rings. The molecule has 1 unspecified atom stereocenters. The van der Waals surface area contributed by atoms with Gasteiger partial charge in [-0.05, 0) is 45.0 Å². The average Bonchev–Trinajstić information content (AvgIpc) is 3.16. The monoisotopic (exact) mass is 420 g/mol. The van der Waals surface area contributed by atoms with Crippen molar-refractivity contribution in [2.24, 2.45) is 0 Å². The van der Waals surface area contributed by atoms with Gasteiger partial charge >= 0.3 is 6.01 Å². The summed E-state index contributed by atoms with van der Waals surface area (Å²) >= 11 is 0. The highest BCUT2D eigenvalue weighted by atomic mass is 16.5. The fourth-order valence-electron chi connectivity index (χ4n) is 2.89. The van der Waals surface area contributed by atoms with Crippen LogP contribution in [0.15, 0.2) is 48.5 Å². The number of terminal acetylenes is 1. The lowest BCUT2D eigenvalue weighted by atomic mass is 10.1. The number of hydrogen-bond acceptors (Lipinski definition) is 6. The second kappa shape index (κ2) is 10.6. The number of aliphatic hydroxyl groups excluding tert-OH is 1. The zero-order valence-electron chi connectivity index (χ0n) is 18.1. The molecule has 0 spiro atoms. The van der Waals surface area contributed by atoms with Gasteiger partial charge in [-0.3, -0.25) is 0 Å². The third-order valence-corrected chi connectivity index (χ3v) is 4.39. The Labute approximate surface area is 183 Å². The molecular formula is C24H28N4O3. The first-order chi connectivity index (χ1) is 15.0. The third-order valence-electron chi connectivity index (χ3n) is 4.39. The molecule has 0 amide bonds. The number of aromatic nitrogens is 3. The predicted molar refractivity (Wildman–Crippen MR) is 121 cm³/mol. The first-order valence-corrected chi connectivity index (χ1v) is 10.2. The van der Waals surface area contributed by atoms with E-state index in [-0.39, 0.29) is 19.3 Å². The lowest BCUT2D eigenvalue weighted by Crippen LogP contribution is -2.24. The summed E-state index contributed by atoms with van der Waals surface area (Å²) in [6.45, 7) is 6.67. The van der Waals surface area contributed by atoms with Gasteiger partial charge in [-0.15, -0.1) is 11.5 Å². The SMILES string of the molecule is C#CCOCC(O)CNc1ccc(-n2nc(OC(C)C)nc2-c2ccc(C)cc2)cc1. The maximum absolute atomic E-state index is 9.93. The highest BCUT2D eigenvalue weighted by Gasteiger charge is 2.15. The van der Waals surface area contributed by atoms with Crippen LogP contribution in [0.25, 0.3) is 17.1 Å². The molecule has 2 N–H and O–H groups in total. The highest BCUT2D eigenvalue weighted by Crippen LogP contribution is 2.25. The van der Waals surface area contributed by atoms with Crippen molar-refractivity contribution in [3.8, 4) is 35.4 Å². The molecule has 0 saturated heterocycles. The molecule has 0 aliphatic heterocycles. The number of rotatable bonds is 10. The van der Waals surface area contributed by atoms with E-state index in [1.54, 1.807) is 4.68 Å². The van der Waals surface area contributed by atoms with Crippen LogP contribution in [0, 0.1) is 19.3 Å². The normalized spacial score (nSPS) is 11.9. The highest BCUT2D eigenvalue weighted by molar-refractivity contribution is 5.60. The quantitative estimate of drug-likeness (QED) is 0.386. The van der Waals surface area contributed by atoms with Crippen molar-refractivity contribution in [3.05, 3.63) is 54.1 Å². The number of aliphatic hydroxyl groups is 1. The van der Waals surface area contributed by atoms with E-state index in [1.807, 2.05) is 69.3 Å². The van der Waals surface area contributed by atoms with Crippen LogP contribution in [0.1, 0.15) is 19.4 Å². The Balaban J connectivity index is 1.77. The van der Waals surface area contributed by atoms with Crippen molar-refractivity contribution < 1.29 is 14.6 Å². The second-order valence-corrected chi connectivity index (χ2v) is 7.46. The van der Waals surface area contributed by atoms with Crippen LogP contribution >= 0.6 is 0 Å². The summed E-state index contributed by atoms with van der Waals surface area (Å²) in [5, 5.41) is 17.7. The third kappa shape index (κ3) is 6.32. The van der Waals surface area contributed by atoms with Crippen molar-refractivity contribution in [1.29, 1.82) is 0 Å². The van der Waals surface area contributed by atoms with Crippen LogP contribution in [0.2, 0.25) is 0 Å². The van der Waals surface area contributed by atoms with Crippen LogP contribution in [0.3, 0.4) is 0 Å². The smallest absolute Gasteiger partial charge is 0.336 e. The van der Waals surface area contributed by atoms with Gasteiger partial charge in [0.2, 0.25) is 0 Å². The van der Waals surface area contributed by atoms with Crippen molar-refractivity contribution in [2.75, 3.05) is 25.1 Å². The molecule has 0 aliphatic rings. The first kappa shape index (κ1) is 22.3. The Bertz CT molecular complexity index is 1000. The van der Waals surface area contributed by atoms with E-state index in [0.717, 1.165) is 16.9 Å². The topological polar surface area (TPSA) is 81.4 Å². The molecule has 162 valence electrons. The molecule has 3 rings (SSSR count). The Morgan fingerprint density at radius 2 is 1.84 bits per heavy atom. The van der Waals surface area contributed by atoms with Gasteiger partial charge in [0.1, 0.15) is 6.61 Å². The standard InChI is InChI=1S/C24H28N4O3/c1-5-14-30-16-22(29)15-25-20-10-12-21(13-11-20)28-23(19-8-6-18(4)7-9-19)26-24(27-28)31-17(2)3/h1,6-13,17,22,25,29H,14-16H2,2-4H3. The van der Waals surface area contributed by atoms with Gasteiger partial charge in [0, 0.05) is 17.8 Å². The maximum Gasteiger partial charge on any atom is 0.336 e. The summed E-state index contributed by atoms with van der Waals surface area (Å²) in [4.78, 5) is 4.60. The predicted octanol–water partition coefficient (Wildman–Crippen LogP) is 3.45. The Morgan fingerprint density at radius 3 is 2.48 bits per heavy atom. The molecule has 7 nitrogen and oxygen atoms in total. The molecule has 0 radical (unpaired) electrons. The number of aryl methyl sites for hydroxylation is 1. The van der Waals surface area contributed by atoms with Crippen LogP contribution in [0.5, 0.6) is 6.01 Å². The summed E-state index contributed by atoms with van der Waals surface area (Å²) < 4.78 is 12.6. The molecule has 0 aliphatic carbocycles. The van der Waals surface area contributed by atoms with Gasteiger partial charge in [-0.1, -0.05) is 35.7 Å². The van der Waals surface area contributed by atoms with Gasteiger partial charge in [0.15, 0.2) is 5.82 Å². The minimum absolute atomic E-state index is 0.0238. The van der Waals surface area contributed by atoms with Crippen LogP contribution in [-0.4, -0.2) is 51.8 Å². The van der Waals surface area contributed by atoms with Crippen molar-refractivity contribution in [2.45, 2.75) is 33.0 Å². The Morgan fingerprint density at radius 1 is 1.13 bits per heavy atom. The second-order valence-electron chi connectivity index (χ2n) is 7.46. The largest absolute Gasteiger partial charge is 0.460 e. The van der Waals surface area contributed by atoms with Gasteiger partial charge < -0.3 is 19.9 Å². The Hall–Kier alpha value is -3.34. The van der Waals surface area contributed by atoms with Crippen molar-refractivity contribution in [3.63, 3.8) is 0 Å². The number of hydrogen-bond donors (Lipinski definition) is 2. The number of nitrogens with one attached hydrogen (secondary N) is 1. The average molecular weight is 421 g/mol. The summed E-state index contributed by atoms with van der Waals surface area (Å²) in [7, 11) is 0. The van der Waals surface area contributed by atoms with Gasteiger partial charge in [-0.2, -0.15) is 4.98 Å². The molecule has 1 atom stereocenters. The van der Waals surface area contributed by atoms with E-state index in [9.17, 15) is 5.11 Å². The summed E-state index contributed by atoms with van der Waals surface area (Å²) in [5.41, 5.74) is 3.85. The summed E-state index contributed by atoms with van der Waals surface area (Å²) in [6.07, 6.45) is 4.46. The van der Waals surface area contributed by atoms with Crippen LogP contribution < -0.4 is 10.1 Å². The number of ether oxygens (including phenoxy) is 2. The van der Waals surface area contributed by atoms with Gasteiger partial charge in [-0.25, -0.2) is 4.68 Å². The van der Waals surface area contributed by atoms with Gasteiger partial charge in [0.25, 0.3) is 0 Å². The molecular weight excluding hydrogens is 392 g/mol. The van der Waals surface area contributed by atoms with E-state index in [0.29, 0.717) is 18.4 Å². The first-order valence-electron chi connectivity index (χ1n) is 10.2. The van der Waals surface area contributed by atoms with E-state index in [2.05, 4.69) is 21.3 Å². The lowest BCUT2D eigenvalue weighted by molar-refractivity contribution is 0.0588. The fraction of sp³-hybridized carbons (Fsp3) is 0.333.